The number of nitrogens with zero attached hydrogens (tertiary/aromatic N) is 2. The van der Waals surface area contributed by atoms with Gasteiger partial charge in [-0.05, 0) is 65.7 Å². The van der Waals surface area contributed by atoms with E-state index in [1.165, 1.54) is 42.5 Å². The van der Waals surface area contributed by atoms with E-state index in [0.717, 1.165) is 54.1 Å². The van der Waals surface area contributed by atoms with Gasteiger partial charge in [-0.2, -0.15) is 0 Å². The van der Waals surface area contributed by atoms with E-state index < -0.39 is 0 Å². The number of allylic oxidation sites excluding steroid dienone is 3. The van der Waals surface area contributed by atoms with Crippen LogP contribution in [0.15, 0.2) is 47.9 Å². The van der Waals surface area contributed by atoms with E-state index in [9.17, 15) is 0 Å². The number of rotatable bonds is 9. The molecule has 30 heavy (non-hydrogen) atoms. The molecule has 3 nitrogen and oxygen atoms in total. The Morgan fingerprint density at radius 2 is 1.87 bits per heavy atom. The molecule has 3 heteroatoms. The maximum Gasteiger partial charge on any atom is 0.0918 e. The van der Waals surface area contributed by atoms with Gasteiger partial charge in [-0.25, -0.2) is 0 Å². The second-order valence-corrected chi connectivity index (χ2v) is 9.16. The molecule has 4 unspecified atom stereocenters. The number of aryl methyl sites for hydroxylation is 1. The lowest BCUT2D eigenvalue weighted by molar-refractivity contribution is 0.385. The lowest BCUT2D eigenvalue weighted by Crippen LogP contribution is -2.18. The summed E-state index contributed by atoms with van der Waals surface area (Å²) in [7, 11) is 0. The van der Waals surface area contributed by atoms with E-state index in [0.29, 0.717) is 0 Å². The molecule has 0 bridgehead atoms. The molecule has 2 aromatic rings. The quantitative estimate of drug-likeness (QED) is 0.513. The summed E-state index contributed by atoms with van der Waals surface area (Å²) in [5.74, 6) is 3.31. The topological polar surface area (TPSA) is 37.8 Å². The molecule has 0 radical (unpaired) electrons. The van der Waals surface area contributed by atoms with Crippen LogP contribution in [0, 0.1) is 23.7 Å². The van der Waals surface area contributed by atoms with Gasteiger partial charge in [0.25, 0.3) is 0 Å². The molecule has 1 fully saturated rings. The smallest absolute Gasteiger partial charge is 0.0918 e. The number of benzene rings is 1. The highest BCUT2D eigenvalue weighted by Gasteiger charge is 2.52. The number of hydrogen-bond acceptors (Lipinski definition) is 3. The zero-order chi connectivity index (χ0) is 21.1. The van der Waals surface area contributed by atoms with E-state index in [1.54, 1.807) is 18.0 Å². The summed E-state index contributed by atoms with van der Waals surface area (Å²) in [6.07, 6.45) is 15.8. The SMILES string of the molecule is CCCC(CC)C1C(C)C1C1=CCCC=C1NCc1cc(CC)c2nccnc2c1. The minimum atomic E-state index is 0.745. The third-order valence-corrected chi connectivity index (χ3v) is 7.30. The second kappa shape index (κ2) is 9.32. The van der Waals surface area contributed by atoms with Crippen molar-refractivity contribution in [2.24, 2.45) is 23.7 Å². The van der Waals surface area contributed by atoms with Crippen molar-refractivity contribution in [3.05, 3.63) is 59.1 Å². The molecule has 1 saturated carbocycles. The van der Waals surface area contributed by atoms with Gasteiger partial charge < -0.3 is 5.32 Å². The van der Waals surface area contributed by atoms with Gasteiger partial charge in [0.05, 0.1) is 11.0 Å². The van der Waals surface area contributed by atoms with E-state index in [1.807, 2.05) is 0 Å². The van der Waals surface area contributed by atoms with Crippen LogP contribution in [-0.4, -0.2) is 9.97 Å². The normalized spacial score (nSPS) is 24.3. The fraction of sp³-hybridized carbons (Fsp3) is 0.556. The van der Waals surface area contributed by atoms with Gasteiger partial charge in [0.2, 0.25) is 0 Å². The van der Waals surface area contributed by atoms with Crippen molar-refractivity contribution in [1.82, 2.24) is 15.3 Å². The Balaban J connectivity index is 1.49. The number of aromatic nitrogens is 2. The predicted molar refractivity (Wildman–Crippen MR) is 126 cm³/mol. The first-order chi connectivity index (χ1) is 14.7. The van der Waals surface area contributed by atoms with Gasteiger partial charge in [-0.15, -0.1) is 0 Å². The van der Waals surface area contributed by atoms with Gasteiger partial charge in [0.1, 0.15) is 0 Å². The minimum absolute atomic E-state index is 0.745. The Labute approximate surface area is 182 Å². The molecule has 0 saturated heterocycles. The fourth-order valence-electron chi connectivity index (χ4n) is 5.71. The molecule has 4 atom stereocenters. The van der Waals surface area contributed by atoms with Crippen molar-refractivity contribution in [2.45, 2.75) is 72.8 Å². The zero-order valence-electron chi connectivity index (χ0n) is 19.1. The van der Waals surface area contributed by atoms with Gasteiger partial charge in [0.15, 0.2) is 0 Å². The third-order valence-electron chi connectivity index (χ3n) is 7.30. The highest BCUT2D eigenvalue weighted by atomic mass is 14.9. The van der Waals surface area contributed by atoms with E-state index >= 15 is 0 Å². The van der Waals surface area contributed by atoms with Crippen molar-refractivity contribution >= 4 is 11.0 Å². The maximum atomic E-state index is 4.55. The fourth-order valence-corrected chi connectivity index (χ4v) is 5.71. The standard InChI is InChI=1S/C27H37N3/c1-5-10-20(6-2)25-18(4)26(25)22-11-8-9-12-23(22)30-17-19-15-21(7-3)27-24(16-19)28-13-14-29-27/h11-16,18,20,25-26,30H,5-10,17H2,1-4H3. The van der Waals surface area contributed by atoms with Crippen molar-refractivity contribution in [3.63, 3.8) is 0 Å². The first-order valence-corrected chi connectivity index (χ1v) is 12.0. The van der Waals surface area contributed by atoms with Gasteiger partial charge in [-0.3, -0.25) is 9.97 Å². The molecule has 1 N–H and O–H groups in total. The molecule has 1 aromatic carbocycles. The van der Waals surface area contributed by atoms with Crippen LogP contribution in [0.3, 0.4) is 0 Å². The largest absolute Gasteiger partial charge is 0.381 e. The summed E-state index contributed by atoms with van der Waals surface area (Å²) in [6, 6.07) is 4.49. The van der Waals surface area contributed by atoms with Crippen molar-refractivity contribution in [3.8, 4) is 0 Å². The lowest BCUT2D eigenvalue weighted by Gasteiger charge is -2.21. The predicted octanol–water partition coefficient (Wildman–Crippen LogP) is 6.59. The summed E-state index contributed by atoms with van der Waals surface area (Å²) in [5, 5.41) is 3.80. The van der Waals surface area contributed by atoms with Gasteiger partial charge >= 0.3 is 0 Å². The minimum Gasteiger partial charge on any atom is -0.381 e. The van der Waals surface area contributed by atoms with Crippen molar-refractivity contribution < 1.29 is 0 Å². The molecule has 160 valence electrons. The molecule has 2 aliphatic rings. The van der Waals surface area contributed by atoms with E-state index in [2.05, 4.69) is 67.3 Å². The molecular weight excluding hydrogens is 366 g/mol. The summed E-state index contributed by atoms with van der Waals surface area (Å²) >= 11 is 0. The number of hydrogen-bond donors (Lipinski definition) is 1. The lowest BCUT2D eigenvalue weighted by atomic mass is 9.90. The van der Waals surface area contributed by atoms with Crippen molar-refractivity contribution in [2.75, 3.05) is 0 Å². The maximum absolute atomic E-state index is 4.55. The van der Waals surface area contributed by atoms with Crippen LogP contribution in [0.1, 0.15) is 70.9 Å². The van der Waals surface area contributed by atoms with Crippen LogP contribution in [0.2, 0.25) is 0 Å². The van der Waals surface area contributed by atoms with Crippen LogP contribution in [-0.2, 0) is 13.0 Å². The number of fused-ring (bicyclic) bond motifs is 1. The second-order valence-electron chi connectivity index (χ2n) is 9.16. The summed E-state index contributed by atoms with van der Waals surface area (Å²) in [4.78, 5) is 9.09. The highest BCUT2D eigenvalue weighted by molar-refractivity contribution is 5.78. The summed E-state index contributed by atoms with van der Waals surface area (Å²) in [5.41, 5.74) is 7.59. The molecule has 1 heterocycles. The Bertz CT molecular complexity index is 942. The average Bonchev–Trinajstić information content (AvgIpc) is 3.45. The molecule has 4 rings (SSSR count). The first kappa shape index (κ1) is 21.1. The molecular formula is C27H37N3. The van der Waals surface area contributed by atoms with Crippen LogP contribution in [0.4, 0.5) is 0 Å². The molecule has 0 amide bonds. The van der Waals surface area contributed by atoms with Crippen LogP contribution in [0.5, 0.6) is 0 Å². The van der Waals surface area contributed by atoms with E-state index in [4.69, 9.17) is 0 Å². The molecule has 1 aromatic heterocycles. The molecule has 2 aliphatic carbocycles. The highest BCUT2D eigenvalue weighted by Crippen LogP contribution is 2.58. The monoisotopic (exact) mass is 403 g/mol. The summed E-state index contributed by atoms with van der Waals surface area (Å²) in [6.45, 7) is 10.2. The van der Waals surface area contributed by atoms with E-state index in [-0.39, 0.29) is 0 Å². The Kier molecular flexibility index (Phi) is 6.55. The van der Waals surface area contributed by atoms with Crippen LogP contribution >= 0.6 is 0 Å². The summed E-state index contributed by atoms with van der Waals surface area (Å²) < 4.78 is 0. The number of nitrogens with one attached hydrogen (secondary N) is 1. The molecule has 0 aliphatic heterocycles. The Hall–Kier alpha value is -2.16. The Morgan fingerprint density at radius 1 is 1.07 bits per heavy atom. The van der Waals surface area contributed by atoms with Gasteiger partial charge in [-0.1, -0.05) is 65.2 Å². The van der Waals surface area contributed by atoms with Gasteiger partial charge in [0, 0.05) is 24.6 Å². The zero-order valence-corrected chi connectivity index (χ0v) is 19.1. The average molecular weight is 404 g/mol. The van der Waals surface area contributed by atoms with Crippen LogP contribution < -0.4 is 5.32 Å². The van der Waals surface area contributed by atoms with Crippen molar-refractivity contribution in [1.29, 1.82) is 0 Å². The molecule has 0 spiro atoms. The third kappa shape index (κ3) is 4.17. The Morgan fingerprint density at radius 3 is 2.63 bits per heavy atom. The van der Waals surface area contributed by atoms with Crippen LogP contribution in [0.25, 0.3) is 11.0 Å². The first-order valence-electron chi connectivity index (χ1n) is 12.0.